The average molecular weight is 237 g/mol. The fourth-order valence-electron chi connectivity index (χ4n) is 2.18. The van der Waals surface area contributed by atoms with E-state index in [0.29, 0.717) is 13.1 Å². The Balaban J connectivity index is 1.97. The van der Waals surface area contributed by atoms with Crippen LogP contribution >= 0.6 is 0 Å². The Labute approximate surface area is 99.6 Å². The second-order valence-corrected chi connectivity index (χ2v) is 4.64. The predicted molar refractivity (Wildman–Crippen MR) is 61.9 cm³/mol. The molecule has 1 amide bonds. The van der Waals surface area contributed by atoms with Gasteiger partial charge in [-0.2, -0.15) is 0 Å². The molecule has 2 N–H and O–H groups in total. The van der Waals surface area contributed by atoms with Gasteiger partial charge in [-0.05, 0) is 18.6 Å². The van der Waals surface area contributed by atoms with Gasteiger partial charge in [-0.1, -0.05) is 13.3 Å². The SMILES string of the molecule is CCCC1(N)CN(C(=O)c2ccc(F)cn2)C1. The van der Waals surface area contributed by atoms with Crippen molar-refractivity contribution < 1.29 is 9.18 Å². The quantitative estimate of drug-likeness (QED) is 0.858. The van der Waals surface area contributed by atoms with E-state index >= 15 is 0 Å². The molecule has 0 bridgehead atoms. The maximum absolute atomic E-state index is 12.7. The number of nitrogens with zero attached hydrogens (tertiary/aromatic N) is 2. The first-order valence-electron chi connectivity index (χ1n) is 5.74. The van der Waals surface area contributed by atoms with E-state index in [4.69, 9.17) is 5.73 Å². The number of rotatable bonds is 3. The highest BCUT2D eigenvalue weighted by Gasteiger charge is 2.41. The lowest BCUT2D eigenvalue weighted by molar-refractivity contribution is 0.0380. The molecule has 1 aromatic rings. The zero-order chi connectivity index (χ0) is 12.5. The minimum Gasteiger partial charge on any atom is -0.333 e. The molecule has 2 heterocycles. The maximum Gasteiger partial charge on any atom is 0.272 e. The number of likely N-dealkylation sites (tertiary alicyclic amines) is 1. The second-order valence-electron chi connectivity index (χ2n) is 4.64. The van der Waals surface area contributed by atoms with Gasteiger partial charge in [0, 0.05) is 13.1 Å². The minimum atomic E-state index is -0.440. The van der Waals surface area contributed by atoms with Crippen molar-refractivity contribution in [1.29, 1.82) is 0 Å². The largest absolute Gasteiger partial charge is 0.333 e. The van der Waals surface area contributed by atoms with Crippen molar-refractivity contribution in [3.05, 3.63) is 29.8 Å². The van der Waals surface area contributed by atoms with E-state index in [2.05, 4.69) is 11.9 Å². The average Bonchev–Trinajstić information content (AvgIpc) is 2.26. The van der Waals surface area contributed by atoms with Gasteiger partial charge in [0.05, 0.1) is 11.7 Å². The monoisotopic (exact) mass is 237 g/mol. The lowest BCUT2D eigenvalue weighted by Crippen LogP contribution is -2.68. The highest BCUT2D eigenvalue weighted by atomic mass is 19.1. The van der Waals surface area contributed by atoms with Crippen LogP contribution < -0.4 is 5.73 Å². The van der Waals surface area contributed by atoms with E-state index in [-0.39, 0.29) is 17.1 Å². The number of amides is 1. The first-order valence-corrected chi connectivity index (χ1v) is 5.74. The van der Waals surface area contributed by atoms with Crippen LogP contribution in [0.1, 0.15) is 30.3 Å². The Morgan fingerprint density at radius 1 is 1.59 bits per heavy atom. The summed E-state index contributed by atoms with van der Waals surface area (Å²) in [6.45, 7) is 3.18. The van der Waals surface area contributed by atoms with Crippen molar-refractivity contribution in [2.24, 2.45) is 5.73 Å². The van der Waals surface area contributed by atoms with Gasteiger partial charge in [0.2, 0.25) is 0 Å². The van der Waals surface area contributed by atoms with Gasteiger partial charge < -0.3 is 10.6 Å². The Bertz CT molecular complexity index is 412. The van der Waals surface area contributed by atoms with Crippen molar-refractivity contribution in [3.8, 4) is 0 Å². The molecule has 0 aliphatic carbocycles. The van der Waals surface area contributed by atoms with Crippen molar-refractivity contribution in [2.45, 2.75) is 25.3 Å². The summed E-state index contributed by atoms with van der Waals surface area (Å²) in [5.74, 6) is -0.619. The summed E-state index contributed by atoms with van der Waals surface area (Å²) in [5.41, 5.74) is 6.09. The Morgan fingerprint density at radius 2 is 2.29 bits per heavy atom. The molecule has 4 nitrogen and oxygen atoms in total. The summed E-state index contributed by atoms with van der Waals surface area (Å²) in [6, 6.07) is 2.63. The number of hydrogen-bond acceptors (Lipinski definition) is 3. The molecule has 0 saturated carbocycles. The molecule has 2 rings (SSSR count). The van der Waals surface area contributed by atoms with Gasteiger partial charge in [0.15, 0.2) is 0 Å². The summed E-state index contributed by atoms with van der Waals surface area (Å²) in [5, 5.41) is 0. The zero-order valence-corrected chi connectivity index (χ0v) is 9.82. The van der Waals surface area contributed by atoms with E-state index in [1.54, 1.807) is 4.90 Å². The number of halogens is 1. The second kappa shape index (κ2) is 4.41. The van der Waals surface area contributed by atoms with Gasteiger partial charge in [0.25, 0.3) is 5.91 Å². The molecule has 1 saturated heterocycles. The molecule has 0 unspecified atom stereocenters. The van der Waals surface area contributed by atoms with Crippen LogP contribution in [0.5, 0.6) is 0 Å². The molecule has 92 valence electrons. The fraction of sp³-hybridized carbons (Fsp3) is 0.500. The highest BCUT2D eigenvalue weighted by molar-refractivity contribution is 5.93. The van der Waals surface area contributed by atoms with Crippen LogP contribution in [-0.4, -0.2) is 34.4 Å². The summed E-state index contributed by atoms with van der Waals surface area (Å²) >= 11 is 0. The van der Waals surface area contributed by atoms with Gasteiger partial charge in [-0.15, -0.1) is 0 Å². The Hall–Kier alpha value is -1.49. The van der Waals surface area contributed by atoms with Crippen LogP contribution in [0.2, 0.25) is 0 Å². The van der Waals surface area contributed by atoms with Crippen molar-refractivity contribution >= 4 is 5.91 Å². The van der Waals surface area contributed by atoms with E-state index in [9.17, 15) is 9.18 Å². The minimum absolute atomic E-state index is 0.179. The van der Waals surface area contributed by atoms with Crippen LogP contribution in [0, 0.1) is 5.82 Å². The van der Waals surface area contributed by atoms with Crippen LogP contribution in [0.15, 0.2) is 18.3 Å². The summed E-state index contributed by atoms with van der Waals surface area (Å²) in [4.78, 5) is 17.3. The molecule has 1 aliphatic heterocycles. The first-order chi connectivity index (χ1) is 8.04. The van der Waals surface area contributed by atoms with E-state index in [1.165, 1.54) is 12.1 Å². The smallest absolute Gasteiger partial charge is 0.272 e. The number of aromatic nitrogens is 1. The molecular weight excluding hydrogens is 221 g/mol. The Kier molecular flexibility index (Phi) is 3.11. The number of nitrogens with two attached hydrogens (primary N) is 1. The Morgan fingerprint density at radius 3 is 2.82 bits per heavy atom. The van der Waals surface area contributed by atoms with Crippen molar-refractivity contribution in [2.75, 3.05) is 13.1 Å². The first kappa shape index (κ1) is 12.0. The highest BCUT2D eigenvalue weighted by Crippen LogP contribution is 2.24. The fourth-order valence-corrected chi connectivity index (χ4v) is 2.18. The maximum atomic E-state index is 12.7. The van der Waals surface area contributed by atoms with Crippen LogP contribution in [0.4, 0.5) is 4.39 Å². The molecule has 1 aliphatic rings. The number of carbonyl (C=O) groups excluding carboxylic acids is 1. The van der Waals surface area contributed by atoms with Gasteiger partial charge in [0.1, 0.15) is 11.5 Å². The third-order valence-corrected chi connectivity index (χ3v) is 2.99. The lowest BCUT2D eigenvalue weighted by atomic mass is 9.86. The predicted octanol–water partition coefficient (Wildman–Crippen LogP) is 1.17. The standard InChI is InChI=1S/C12H16FN3O/c1-2-5-12(14)7-16(8-12)11(17)10-4-3-9(13)6-15-10/h3-4,6H,2,5,7-8,14H2,1H3. The topological polar surface area (TPSA) is 59.2 Å². The third kappa shape index (κ3) is 2.44. The molecule has 1 fully saturated rings. The molecular formula is C12H16FN3O. The molecule has 0 atom stereocenters. The normalized spacial score (nSPS) is 17.7. The number of carbonyl (C=O) groups is 1. The summed E-state index contributed by atoms with van der Waals surface area (Å²) < 4.78 is 12.7. The number of hydrogen-bond donors (Lipinski definition) is 1. The van der Waals surface area contributed by atoms with E-state index in [1.807, 2.05) is 0 Å². The van der Waals surface area contributed by atoms with Crippen LogP contribution in [-0.2, 0) is 0 Å². The molecule has 0 aromatic carbocycles. The summed E-state index contributed by atoms with van der Waals surface area (Å²) in [6.07, 6.45) is 2.97. The van der Waals surface area contributed by atoms with Gasteiger partial charge in [-0.25, -0.2) is 9.37 Å². The third-order valence-electron chi connectivity index (χ3n) is 2.99. The van der Waals surface area contributed by atoms with Crippen LogP contribution in [0.3, 0.4) is 0 Å². The molecule has 0 radical (unpaired) electrons. The molecule has 0 spiro atoms. The van der Waals surface area contributed by atoms with Gasteiger partial charge >= 0.3 is 0 Å². The van der Waals surface area contributed by atoms with E-state index < -0.39 is 5.82 Å². The van der Waals surface area contributed by atoms with Crippen LogP contribution in [0.25, 0.3) is 0 Å². The molecule has 1 aromatic heterocycles. The van der Waals surface area contributed by atoms with Crippen molar-refractivity contribution in [3.63, 3.8) is 0 Å². The molecule has 5 heteroatoms. The van der Waals surface area contributed by atoms with Gasteiger partial charge in [-0.3, -0.25) is 4.79 Å². The van der Waals surface area contributed by atoms with Crippen molar-refractivity contribution in [1.82, 2.24) is 9.88 Å². The lowest BCUT2D eigenvalue weighted by Gasteiger charge is -2.47. The zero-order valence-electron chi connectivity index (χ0n) is 9.82. The summed E-state index contributed by atoms with van der Waals surface area (Å²) in [7, 11) is 0. The van der Waals surface area contributed by atoms with E-state index in [0.717, 1.165) is 19.0 Å². The molecule has 17 heavy (non-hydrogen) atoms. The number of pyridine rings is 1.